The second kappa shape index (κ2) is 8.87. The number of morpholine rings is 1. The zero-order valence-electron chi connectivity index (χ0n) is 16.7. The van der Waals surface area contributed by atoms with Crippen molar-refractivity contribution in [2.45, 2.75) is 51.5 Å². The maximum absolute atomic E-state index is 5.99. The Morgan fingerprint density at radius 2 is 2.18 bits per heavy atom. The molecule has 8 nitrogen and oxygen atoms in total. The highest BCUT2D eigenvalue weighted by molar-refractivity contribution is 5.42. The normalized spacial score (nSPS) is 25.8. The molecule has 2 fully saturated rings. The fourth-order valence-corrected chi connectivity index (χ4v) is 4.01. The van der Waals surface area contributed by atoms with Crippen LogP contribution in [0.5, 0.6) is 0 Å². The van der Waals surface area contributed by atoms with Crippen LogP contribution in [0, 0.1) is 5.92 Å². The van der Waals surface area contributed by atoms with Gasteiger partial charge < -0.3 is 19.7 Å². The lowest BCUT2D eigenvalue weighted by Gasteiger charge is -2.35. The predicted octanol–water partition coefficient (Wildman–Crippen LogP) is 2.19. The molecule has 2 aromatic heterocycles. The van der Waals surface area contributed by atoms with Crippen LogP contribution < -0.4 is 10.2 Å². The van der Waals surface area contributed by atoms with Gasteiger partial charge in [-0.05, 0) is 30.9 Å². The third-order valence-corrected chi connectivity index (χ3v) is 5.37. The molecule has 2 saturated heterocycles. The molecule has 4 rings (SSSR count). The summed E-state index contributed by atoms with van der Waals surface area (Å²) in [7, 11) is 0. The molecule has 3 atom stereocenters. The van der Waals surface area contributed by atoms with Crippen molar-refractivity contribution >= 4 is 11.8 Å². The van der Waals surface area contributed by atoms with E-state index in [2.05, 4.69) is 34.1 Å². The minimum Gasteiger partial charge on any atom is -0.376 e. The summed E-state index contributed by atoms with van der Waals surface area (Å²) in [4.78, 5) is 11.5. The Morgan fingerprint density at radius 1 is 1.25 bits per heavy atom. The van der Waals surface area contributed by atoms with Gasteiger partial charge in [0.2, 0.25) is 5.95 Å². The monoisotopic (exact) mass is 386 g/mol. The van der Waals surface area contributed by atoms with Gasteiger partial charge in [0, 0.05) is 38.3 Å². The van der Waals surface area contributed by atoms with E-state index in [1.165, 1.54) is 0 Å². The number of hydrogen-bond donors (Lipinski definition) is 1. The number of nitrogens with zero attached hydrogens (tertiary/aromatic N) is 5. The third-order valence-electron chi connectivity index (χ3n) is 5.37. The van der Waals surface area contributed by atoms with E-state index in [0.717, 1.165) is 50.8 Å². The summed E-state index contributed by atoms with van der Waals surface area (Å²) in [5.74, 6) is 2.08. The molecule has 0 spiro atoms. The number of anilines is 2. The van der Waals surface area contributed by atoms with Crippen molar-refractivity contribution in [3.8, 4) is 0 Å². The van der Waals surface area contributed by atoms with E-state index in [1.54, 1.807) is 6.20 Å². The second-order valence-corrected chi connectivity index (χ2v) is 7.88. The summed E-state index contributed by atoms with van der Waals surface area (Å²) in [5.41, 5.74) is 0. The van der Waals surface area contributed by atoms with Crippen molar-refractivity contribution in [2.75, 3.05) is 36.5 Å². The van der Waals surface area contributed by atoms with E-state index in [-0.39, 0.29) is 18.2 Å². The number of nitrogens with one attached hydrogen (secondary N) is 1. The first-order valence-corrected chi connectivity index (χ1v) is 10.2. The van der Waals surface area contributed by atoms with Crippen LogP contribution in [0.15, 0.2) is 30.7 Å². The van der Waals surface area contributed by atoms with Crippen LogP contribution in [0.25, 0.3) is 0 Å². The zero-order valence-corrected chi connectivity index (χ0v) is 16.7. The first-order chi connectivity index (χ1) is 13.7. The molecular weight excluding hydrogens is 356 g/mol. The van der Waals surface area contributed by atoms with Crippen LogP contribution in [0.2, 0.25) is 0 Å². The number of aromatic nitrogens is 4. The Morgan fingerprint density at radius 3 is 3.00 bits per heavy atom. The Hall–Kier alpha value is -2.19. The molecule has 0 aromatic carbocycles. The van der Waals surface area contributed by atoms with E-state index >= 15 is 0 Å². The lowest BCUT2D eigenvalue weighted by Crippen LogP contribution is -2.45. The molecule has 152 valence electrons. The number of rotatable bonds is 6. The Labute approximate surface area is 166 Å². The summed E-state index contributed by atoms with van der Waals surface area (Å²) in [6.45, 7) is 8.22. The van der Waals surface area contributed by atoms with Crippen molar-refractivity contribution < 1.29 is 9.47 Å². The maximum atomic E-state index is 5.99. The van der Waals surface area contributed by atoms with Crippen molar-refractivity contribution in [1.29, 1.82) is 0 Å². The smallest absolute Gasteiger partial charge is 0.227 e. The largest absolute Gasteiger partial charge is 0.376 e. The SMILES string of the molecule is CC(C)[C@@H]1OCCC[C@H]1Nc1ccnc(N2CCO[C@H](Cn3cccn3)C2)n1. The maximum Gasteiger partial charge on any atom is 0.227 e. The van der Waals surface area contributed by atoms with Crippen LogP contribution >= 0.6 is 0 Å². The Kier molecular flexibility index (Phi) is 6.07. The first-order valence-electron chi connectivity index (χ1n) is 10.2. The molecule has 0 unspecified atom stereocenters. The molecule has 0 saturated carbocycles. The Bertz CT molecular complexity index is 738. The van der Waals surface area contributed by atoms with Gasteiger partial charge in [0.05, 0.1) is 31.4 Å². The highest BCUT2D eigenvalue weighted by Crippen LogP contribution is 2.24. The van der Waals surface area contributed by atoms with Gasteiger partial charge in [-0.3, -0.25) is 4.68 Å². The second-order valence-electron chi connectivity index (χ2n) is 7.88. The highest BCUT2D eigenvalue weighted by Gasteiger charge is 2.29. The molecule has 8 heteroatoms. The average Bonchev–Trinajstić information content (AvgIpc) is 3.22. The van der Waals surface area contributed by atoms with Crippen molar-refractivity contribution in [1.82, 2.24) is 19.7 Å². The van der Waals surface area contributed by atoms with Gasteiger partial charge in [-0.1, -0.05) is 13.8 Å². The lowest BCUT2D eigenvalue weighted by atomic mass is 9.94. The molecule has 2 aliphatic heterocycles. The number of hydrogen-bond acceptors (Lipinski definition) is 7. The molecule has 2 aliphatic rings. The molecule has 0 bridgehead atoms. The van der Waals surface area contributed by atoms with Gasteiger partial charge in [-0.25, -0.2) is 4.98 Å². The minimum absolute atomic E-state index is 0.0749. The summed E-state index contributed by atoms with van der Waals surface area (Å²) in [6.07, 6.45) is 8.05. The predicted molar refractivity (Wildman–Crippen MR) is 107 cm³/mol. The van der Waals surface area contributed by atoms with Crippen molar-refractivity contribution in [3.63, 3.8) is 0 Å². The van der Waals surface area contributed by atoms with E-state index < -0.39 is 0 Å². The van der Waals surface area contributed by atoms with E-state index in [1.807, 2.05) is 29.2 Å². The van der Waals surface area contributed by atoms with Gasteiger partial charge in [0.25, 0.3) is 0 Å². The van der Waals surface area contributed by atoms with E-state index in [0.29, 0.717) is 12.5 Å². The van der Waals surface area contributed by atoms with E-state index in [9.17, 15) is 0 Å². The summed E-state index contributed by atoms with van der Waals surface area (Å²) < 4.78 is 13.8. The fourth-order valence-electron chi connectivity index (χ4n) is 4.01. The van der Waals surface area contributed by atoms with Crippen LogP contribution in [-0.4, -0.2) is 64.3 Å². The fraction of sp³-hybridized carbons (Fsp3) is 0.650. The average molecular weight is 387 g/mol. The molecule has 1 N–H and O–H groups in total. The summed E-state index contributed by atoms with van der Waals surface area (Å²) >= 11 is 0. The van der Waals surface area contributed by atoms with Gasteiger partial charge in [-0.15, -0.1) is 0 Å². The van der Waals surface area contributed by atoms with Crippen LogP contribution in [0.3, 0.4) is 0 Å². The topological polar surface area (TPSA) is 77.3 Å². The minimum atomic E-state index is 0.0749. The molecule has 4 heterocycles. The molecule has 2 aromatic rings. The molecule has 0 amide bonds. The summed E-state index contributed by atoms with van der Waals surface area (Å²) in [6, 6.07) is 4.16. The van der Waals surface area contributed by atoms with Crippen molar-refractivity contribution in [3.05, 3.63) is 30.7 Å². The lowest BCUT2D eigenvalue weighted by molar-refractivity contribution is -0.0203. The van der Waals surface area contributed by atoms with E-state index in [4.69, 9.17) is 14.5 Å². The highest BCUT2D eigenvalue weighted by atomic mass is 16.5. The Balaban J connectivity index is 1.41. The van der Waals surface area contributed by atoms with Crippen LogP contribution in [-0.2, 0) is 16.0 Å². The molecular formula is C20H30N6O2. The molecule has 28 heavy (non-hydrogen) atoms. The van der Waals surface area contributed by atoms with Gasteiger partial charge in [-0.2, -0.15) is 10.1 Å². The van der Waals surface area contributed by atoms with Crippen molar-refractivity contribution in [2.24, 2.45) is 5.92 Å². The zero-order chi connectivity index (χ0) is 19.3. The first kappa shape index (κ1) is 19.1. The summed E-state index contributed by atoms with van der Waals surface area (Å²) in [5, 5.41) is 7.86. The standard InChI is InChI=1S/C20H30N6O2/c1-15(2)19-17(5-3-11-28-19)23-18-6-8-21-20(24-18)25-10-12-27-16(13-25)14-26-9-4-7-22-26/h4,6-9,15-17,19H,3,5,10-14H2,1-2H3,(H,21,23,24)/t16-,17+,19-/m0/s1. The van der Waals surface area contributed by atoms with Crippen LogP contribution in [0.1, 0.15) is 26.7 Å². The quantitative estimate of drug-likeness (QED) is 0.815. The third kappa shape index (κ3) is 4.62. The molecule has 0 radical (unpaired) electrons. The van der Waals surface area contributed by atoms with Gasteiger partial charge in [0.1, 0.15) is 5.82 Å². The molecule has 0 aliphatic carbocycles. The van der Waals surface area contributed by atoms with Crippen LogP contribution in [0.4, 0.5) is 11.8 Å². The number of ether oxygens (including phenoxy) is 2. The van der Waals surface area contributed by atoms with Gasteiger partial charge >= 0.3 is 0 Å². The van der Waals surface area contributed by atoms with Gasteiger partial charge in [0.15, 0.2) is 0 Å².